The van der Waals surface area contributed by atoms with Crippen molar-refractivity contribution in [3.8, 4) is 0 Å². The lowest BCUT2D eigenvalue weighted by Gasteiger charge is -2.15. The van der Waals surface area contributed by atoms with E-state index in [4.69, 9.17) is 11.5 Å². The van der Waals surface area contributed by atoms with Gasteiger partial charge in [-0.25, -0.2) is 0 Å². The van der Waals surface area contributed by atoms with E-state index in [9.17, 15) is 14.9 Å². The largest absolute Gasteiger partial charge is 0.398 e. The maximum atomic E-state index is 10.7. The van der Waals surface area contributed by atoms with Crippen molar-refractivity contribution in [3.05, 3.63) is 33.9 Å². The first kappa shape index (κ1) is 12.9. The molecule has 4 N–H and O–H groups in total. The molecule has 7 heteroatoms. The van der Waals surface area contributed by atoms with Gasteiger partial charge in [-0.05, 0) is 18.7 Å². The highest BCUT2D eigenvalue weighted by Gasteiger charge is 2.11. The Kier molecular flexibility index (Phi) is 4.00. The minimum atomic E-state index is -0.489. The number of likely N-dealkylation sites (N-methyl/N-ethyl adjacent to an activating group) is 1. The maximum Gasteiger partial charge on any atom is 0.269 e. The van der Waals surface area contributed by atoms with Gasteiger partial charge in [-0.15, -0.1) is 0 Å². The zero-order valence-electron chi connectivity index (χ0n) is 9.42. The molecule has 7 nitrogen and oxygen atoms in total. The fourth-order valence-electron chi connectivity index (χ4n) is 1.46. The summed E-state index contributed by atoms with van der Waals surface area (Å²) in [5.74, 6) is -0.462. The molecule has 1 amide bonds. The zero-order valence-corrected chi connectivity index (χ0v) is 9.42. The molecular weight excluding hydrogens is 224 g/mol. The van der Waals surface area contributed by atoms with Crippen LogP contribution < -0.4 is 11.5 Å². The van der Waals surface area contributed by atoms with E-state index in [0.717, 1.165) is 0 Å². The Morgan fingerprint density at radius 2 is 2.18 bits per heavy atom. The summed E-state index contributed by atoms with van der Waals surface area (Å²) in [6.07, 6.45) is 0. The molecule has 0 aromatic heterocycles. The van der Waals surface area contributed by atoms with Crippen molar-refractivity contribution in [2.45, 2.75) is 6.54 Å². The van der Waals surface area contributed by atoms with E-state index in [-0.39, 0.29) is 12.2 Å². The Labute approximate surface area is 98.1 Å². The molecule has 0 aliphatic rings. The van der Waals surface area contributed by atoms with Gasteiger partial charge in [0.25, 0.3) is 5.69 Å². The molecule has 0 fully saturated rings. The number of non-ortho nitro benzene ring substituents is 1. The average Bonchev–Trinajstić information content (AvgIpc) is 2.19. The van der Waals surface area contributed by atoms with E-state index < -0.39 is 10.8 Å². The molecule has 0 heterocycles. The molecule has 0 aliphatic carbocycles. The molecule has 0 spiro atoms. The molecule has 0 saturated carbocycles. The number of nitrogen functional groups attached to an aromatic ring is 1. The first-order valence-electron chi connectivity index (χ1n) is 4.90. The number of nitro groups is 1. The smallest absolute Gasteiger partial charge is 0.269 e. The Morgan fingerprint density at radius 1 is 1.53 bits per heavy atom. The highest BCUT2D eigenvalue weighted by molar-refractivity contribution is 5.75. The lowest BCUT2D eigenvalue weighted by molar-refractivity contribution is -0.384. The summed E-state index contributed by atoms with van der Waals surface area (Å²) < 4.78 is 0. The summed E-state index contributed by atoms with van der Waals surface area (Å²) in [4.78, 5) is 22.5. The minimum Gasteiger partial charge on any atom is -0.398 e. The molecular formula is C10H14N4O3. The lowest BCUT2D eigenvalue weighted by atomic mass is 10.1. The first-order valence-corrected chi connectivity index (χ1v) is 4.90. The van der Waals surface area contributed by atoms with E-state index in [0.29, 0.717) is 17.8 Å². The molecule has 92 valence electrons. The monoisotopic (exact) mass is 238 g/mol. The summed E-state index contributed by atoms with van der Waals surface area (Å²) in [6, 6.07) is 4.21. The fraction of sp³-hybridized carbons (Fsp3) is 0.300. The Hall–Kier alpha value is -2.15. The number of primary amides is 1. The van der Waals surface area contributed by atoms with Crippen LogP contribution in [0.3, 0.4) is 0 Å². The number of carbonyl (C=O) groups is 1. The molecule has 0 radical (unpaired) electrons. The number of rotatable bonds is 5. The summed E-state index contributed by atoms with van der Waals surface area (Å²) >= 11 is 0. The number of benzene rings is 1. The van der Waals surface area contributed by atoms with Crippen LogP contribution in [0.4, 0.5) is 11.4 Å². The minimum absolute atomic E-state index is 0.0262. The van der Waals surface area contributed by atoms with E-state index in [1.54, 1.807) is 11.9 Å². The number of hydrogen-bond donors (Lipinski definition) is 2. The second kappa shape index (κ2) is 5.26. The first-order chi connectivity index (χ1) is 7.90. The second-order valence-corrected chi connectivity index (χ2v) is 3.78. The number of hydrogen-bond acceptors (Lipinski definition) is 5. The average molecular weight is 238 g/mol. The van der Waals surface area contributed by atoms with E-state index in [1.807, 2.05) is 0 Å². The van der Waals surface area contributed by atoms with Crippen LogP contribution in [-0.2, 0) is 11.3 Å². The third kappa shape index (κ3) is 3.72. The Morgan fingerprint density at radius 3 is 2.71 bits per heavy atom. The normalized spacial score (nSPS) is 10.5. The number of anilines is 1. The predicted molar refractivity (Wildman–Crippen MR) is 63.0 cm³/mol. The summed E-state index contributed by atoms with van der Waals surface area (Å²) in [7, 11) is 1.68. The van der Waals surface area contributed by atoms with E-state index in [1.165, 1.54) is 18.2 Å². The molecule has 0 aliphatic heterocycles. The number of nitro benzene ring substituents is 1. The summed E-state index contributed by atoms with van der Waals surface area (Å²) in [5, 5.41) is 10.6. The van der Waals surface area contributed by atoms with Crippen molar-refractivity contribution in [2.24, 2.45) is 5.73 Å². The maximum absolute atomic E-state index is 10.7. The number of amides is 1. The molecule has 0 bridgehead atoms. The molecule has 0 unspecified atom stereocenters. The van der Waals surface area contributed by atoms with Gasteiger partial charge in [-0.3, -0.25) is 19.8 Å². The highest BCUT2D eigenvalue weighted by Crippen LogP contribution is 2.20. The van der Waals surface area contributed by atoms with E-state index >= 15 is 0 Å². The van der Waals surface area contributed by atoms with Crippen LogP contribution >= 0.6 is 0 Å². The molecule has 0 atom stereocenters. The van der Waals surface area contributed by atoms with Gasteiger partial charge in [-0.2, -0.15) is 0 Å². The van der Waals surface area contributed by atoms with Crippen LogP contribution in [-0.4, -0.2) is 29.3 Å². The highest BCUT2D eigenvalue weighted by atomic mass is 16.6. The third-order valence-electron chi connectivity index (χ3n) is 2.20. The van der Waals surface area contributed by atoms with Crippen LogP contribution in [0, 0.1) is 10.1 Å². The van der Waals surface area contributed by atoms with Gasteiger partial charge in [0.15, 0.2) is 0 Å². The SMILES string of the molecule is CN(CC(N)=O)Cc1cc([N+](=O)[O-])ccc1N. The number of nitrogens with zero attached hydrogens (tertiary/aromatic N) is 2. The van der Waals surface area contributed by atoms with Gasteiger partial charge >= 0.3 is 0 Å². The van der Waals surface area contributed by atoms with Gasteiger partial charge in [0.05, 0.1) is 11.5 Å². The predicted octanol–water partition coefficient (Wildman–Crippen LogP) is 0.0941. The van der Waals surface area contributed by atoms with Crippen LogP contribution in [0.5, 0.6) is 0 Å². The van der Waals surface area contributed by atoms with Crippen molar-refractivity contribution in [3.63, 3.8) is 0 Å². The van der Waals surface area contributed by atoms with Crippen LogP contribution in [0.2, 0.25) is 0 Å². The lowest BCUT2D eigenvalue weighted by Crippen LogP contribution is -2.30. The third-order valence-corrected chi connectivity index (χ3v) is 2.20. The van der Waals surface area contributed by atoms with Gasteiger partial charge < -0.3 is 11.5 Å². The van der Waals surface area contributed by atoms with Gasteiger partial charge in [-0.1, -0.05) is 0 Å². The summed E-state index contributed by atoms with van der Waals surface area (Å²) in [5.41, 5.74) is 11.8. The second-order valence-electron chi connectivity index (χ2n) is 3.78. The van der Waals surface area contributed by atoms with Crippen LogP contribution in [0.1, 0.15) is 5.56 Å². The molecule has 1 aromatic rings. The van der Waals surface area contributed by atoms with Gasteiger partial charge in [0, 0.05) is 24.4 Å². The van der Waals surface area contributed by atoms with Crippen LogP contribution in [0.15, 0.2) is 18.2 Å². The zero-order chi connectivity index (χ0) is 13.0. The van der Waals surface area contributed by atoms with Crippen molar-refractivity contribution in [1.82, 2.24) is 4.90 Å². The Bertz CT molecular complexity index is 447. The van der Waals surface area contributed by atoms with E-state index in [2.05, 4.69) is 0 Å². The molecule has 17 heavy (non-hydrogen) atoms. The quantitative estimate of drug-likeness (QED) is 0.428. The van der Waals surface area contributed by atoms with Crippen molar-refractivity contribution < 1.29 is 9.72 Å². The van der Waals surface area contributed by atoms with Crippen molar-refractivity contribution in [1.29, 1.82) is 0 Å². The summed E-state index contributed by atoms with van der Waals surface area (Å²) in [6.45, 7) is 0.401. The molecule has 0 saturated heterocycles. The van der Waals surface area contributed by atoms with Gasteiger partial charge in [0.2, 0.25) is 5.91 Å². The molecule has 1 rings (SSSR count). The van der Waals surface area contributed by atoms with Crippen molar-refractivity contribution in [2.75, 3.05) is 19.3 Å². The fourth-order valence-corrected chi connectivity index (χ4v) is 1.46. The number of nitrogens with two attached hydrogens (primary N) is 2. The van der Waals surface area contributed by atoms with Crippen molar-refractivity contribution >= 4 is 17.3 Å². The topological polar surface area (TPSA) is 115 Å². The standard InChI is InChI=1S/C10H14N4O3/c1-13(6-10(12)15)5-7-4-8(14(16)17)2-3-9(7)11/h2-4H,5-6,11H2,1H3,(H2,12,15). The molecule has 1 aromatic carbocycles. The number of carbonyl (C=O) groups excluding carboxylic acids is 1. The van der Waals surface area contributed by atoms with Gasteiger partial charge in [0.1, 0.15) is 0 Å². The van der Waals surface area contributed by atoms with Crippen LogP contribution in [0.25, 0.3) is 0 Å². The Balaban J connectivity index is 2.86.